The zero-order chi connectivity index (χ0) is 12.5. The summed E-state index contributed by atoms with van der Waals surface area (Å²) in [5, 5.41) is 0. The van der Waals surface area contributed by atoms with Gasteiger partial charge in [-0.05, 0) is 24.7 Å². The summed E-state index contributed by atoms with van der Waals surface area (Å²) >= 11 is 0. The van der Waals surface area contributed by atoms with Crippen LogP contribution >= 0.6 is 0 Å². The van der Waals surface area contributed by atoms with Crippen molar-refractivity contribution in [1.29, 1.82) is 0 Å². The number of aromatic nitrogens is 2. The maximum absolute atomic E-state index is 11.5. The van der Waals surface area contributed by atoms with Crippen molar-refractivity contribution in [2.24, 2.45) is 11.8 Å². The molecule has 0 aromatic carbocycles. The minimum Gasteiger partial charge on any atom is -0.391 e. The van der Waals surface area contributed by atoms with E-state index in [0.29, 0.717) is 5.82 Å². The van der Waals surface area contributed by atoms with Gasteiger partial charge in [-0.3, -0.25) is 4.79 Å². The van der Waals surface area contributed by atoms with Gasteiger partial charge in [0.25, 0.3) is 5.56 Å². The molecule has 1 aliphatic carbocycles. The Kier molecular flexibility index (Phi) is 2.97. The molecule has 5 heteroatoms. The average molecular weight is 248 g/mol. The van der Waals surface area contributed by atoms with Gasteiger partial charge in [0.2, 0.25) is 0 Å². The highest BCUT2D eigenvalue weighted by Crippen LogP contribution is 2.37. The van der Waals surface area contributed by atoms with Crippen LogP contribution in [0.2, 0.25) is 0 Å². The van der Waals surface area contributed by atoms with Crippen LogP contribution in [0.15, 0.2) is 11.1 Å². The van der Waals surface area contributed by atoms with Crippen molar-refractivity contribution >= 4 is 11.5 Å². The van der Waals surface area contributed by atoms with Gasteiger partial charge in [0.1, 0.15) is 5.69 Å². The zero-order valence-corrected chi connectivity index (χ0v) is 10.6. The molecule has 18 heavy (non-hydrogen) atoms. The average Bonchev–Trinajstić information content (AvgIpc) is 2.41. The second-order valence-electron chi connectivity index (χ2n) is 5.51. The third-order valence-electron chi connectivity index (χ3n) is 4.46. The Bertz CT molecular complexity index is 484. The summed E-state index contributed by atoms with van der Waals surface area (Å²) in [7, 11) is 0. The molecule has 0 bridgehead atoms. The molecule has 0 spiro atoms. The van der Waals surface area contributed by atoms with Crippen molar-refractivity contribution in [2.45, 2.75) is 32.1 Å². The predicted octanol–water partition coefficient (Wildman–Crippen LogP) is 1.37. The molecular formula is C13H20N4O. The second kappa shape index (κ2) is 4.63. The van der Waals surface area contributed by atoms with Crippen LogP contribution < -0.4 is 16.2 Å². The third-order valence-corrected chi connectivity index (χ3v) is 4.46. The van der Waals surface area contributed by atoms with E-state index in [1.54, 1.807) is 0 Å². The monoisotopic (exact) mass is 248 g/mol. The first-order valence-corrected chi connectivity index (χ1v) is 6.84. The van der Waals surface area contributed by atoms with Crippen LogP contribution in [-0.2, 0) is 0 Å². The first kappa shape index (κ1) is 11.6. The summed E-state index contributed by atoms with van der Waals surface area (Å²) in [6.45, 7) is 1.98. The van der Waals surface area contributed by atoms with E-state index in [0.717, 1.165) is 24.9 Å². The van der Waals surface area contributed by atoms with E-state index < -0.39 is 0 Å². The summed E-state index contributed by atoms with van der Waals surface area (Å²) in [6.07, 6.45) is 8.06. The maximum Gasteiger partial charge on any atom is 0.276 e. The Hall–Kier alpha value is -1.52. The highest BCUT2D eigenvalue weighted by Gasteiger charge is 2.32. The maximum atomic E-state index is 11.5. The topological polar surface area (TPSA) is 75.0 Å². The smallest absolute Gasteiger partial charge is 0.276 e. The Morgan fingerprint density at radius 2 is 2.06 bits per heavy atom. The molecular weight excluding hydrogens is 228 g/mol. The highest BCUT2D eigenvalue weighted by atomic mass is 16.1. The van der Waals surface area contributed by atoms with Crippen molar-refractivity contribution < 1.29 is 0 Å². The number of nitrogen functional groups attached to an aromatic ring is 1. The van der Waals surface area contributed by atoms with E-state index in [1.807, 2.05) is 0 Å². The Labute approximate surface area is 106 Å². The molecule has 1 aromatic heterocycles. The van der Waals surface area contributed by atoms with Gasteiger partial charge >= 0.3 is 0 Å². The molecule has 3 rings (SSSR count). The normalized spacial score (nSPS) is 27.9. The molecule has 1 aliphatic heterocycles. The van der Waals surface area contributed by atoms with Crippen molar-refractivity contribution in [3.05, 3.63) is 16.7 Å². The van der Waals surface area contributed by atoms with Gasteiger partial charge < -0.3 is 15.6 Å². The molecule has 0 radical (unpaired) electrons. The van der Waals surface area contributed by atoms with Crippen molar-refractivity contribution in [3.63, 3.8) is 0 Å². The quantitative estimate of drug-likeness (QED) is 0.787. The van der Waals surface area contributed by atoms with Crippen LogP contribution in [0.1, 0.15) is 32.1 Å². The van der Waals surface area contributed by atoms with Crippen molar-refractivity contribution in [1.82, 2.24) is 9.97 Å². The molecule has 2 fully saturated rings. The van der Waals surface area contributed by atoms with E-state index in [2.05, 4.69) is 14.9 Å². The van der Waals surface area contributed by atoms with Crippen LogP contribution in [-0.4, -0.2) is 23.1 Å². The van der Waals surface area contributed by atoms with Gasteiger partial charge in [-0.25, -0.2) is 4.98 Å². The molecule has 2 unspecified atom stereocenters. The van der Waals surface area contributed by atoms with E-state index in [4.69, 9.17) is 5.73 Å². The second-order valence-corrected chi connectivity index (χ2v) is 5.51. The summed E-state index contributed by atoms with van der Waals surface area (Å²) < 4.78 is 0. The van der Waals surface area contributed by atoms with Crippen LogP contribution in [0.25, 0.3) is 0 Å². The van der Waals surface area contributed by atoms with Crippen molar-refractivity contribution in [3.8, 4) is 0 Å². The number of aromatic amines is 1. The Morgan fingerprint density at radius 3 is 2.89 bits per heavy atom. The lowest BCUT2D eigenvalue weighted by atomic mass is 9.75. The molecule has 2 atom stereocenters. The summed E-state index contributed by atoms with van der Waals surface area (Å²) in [6, 6.07) is 0. The molecule has 1 saturated carbocycles. The summed E-state index contributed by atoms with van der Waals surface area (Å²) in [4.78, 5) is 20.5. The van der Waals surface area contributed by atoms with Gasteiger partial charge in [0, 0.05) is 13.1 Å². The molecule has 5 nitrogen and oxygen atoms in total. The number of rotatable bonds is 1. The number of anilines is 2. The molecule has 1 aromatic rings. The minimum atomic E-state index is -0.231. The third kappa shape index (κ3) is 1.98. The summed E-state index contributed by atoms with van der Waals surface area (Å²) in [5.74, 6) is 2.30. The minimum absolute atomic E-state index is 0.231. The van der Waals surface area contributed by atoms with Crippen LogP contribution in [0, 0.1) is 11.8 Å². The SMILES string of the molecule is Nc1c(N2CCC3CCCCC3C2)nc[nH]c1=O. The van der Waals surface area contributed by atoms with E-state index in [9.17, 15) is 4.79 Å². The number of piperidine rings is 1. The molecule has 0 amide bonds. The zero-order valence-electron chi connectivity index (χ0n) is 10.6. The summed E-state index contributed by atoms with van der Waals surface area (Å²) in [5.41, 5.74) is 5.86. The fourth-order valence-corrected chi connectivity index (χ4v) is 3.45. The van der Waals surface area contributed by atoms with Gasteiger partial charge in [0.15, 0.2) is 5.82 Å². The van der Waals surface area contributed by atoms with Gasteiger partial charge in [-0.2, -0.15) is 0 Å². The lowest BCUT2D eigenvalue weighted by Crippen LogP contribution is -2.43. The lowest BCUT2D eigenvalue weighted by Gasteiger charge is -2.41. The predicted molar refractivity (Wildman–Crippen MR) is 71.5 cm³/mol. The highest BCUT2D eigenvalue weighted by molar-refractivity contribution is 5.61. The first-order valence-electron chi connectivity index (χ1n) is 6.84. The van der Waals surface area contributed by atoms with Gasteiger partial charge in [0.05, 0.1) is 6.33 Å². The standard InChI is InChI=1S/C13H20N4O/c14-11-12(15-8-16-13(11)18)17-6-5-9-3-1-2-4-10(9)7-17/h8-10H,1-7,14H2,(H,15,16,18). The fourth-order valence-electron chi connectivity index (χ4n) is 3.45. The van der Waals surface area contributed by atoms with E-state index in [-0.39, 0.29) is 11.2 Å². The van der Waals surface area contributed by atoms with Gasteiger partial charge in [-0.15, -0.1) is 0 Å². The van der Waals surface area contributed by atoms with Crippen molar-refractivity contribution in [2.75, 3.05) is 23.7 Å². The number of hydrogen-bond donors (Lipinski definition) is 2. The first-order chi connectivity index (χ1) is 8.75. The van der Waals surface area contributed by atoms with E-state index in [1.165, 1.54) is 38.4 Å². The van der Waals surface area contributed by atoms with Crippen LogP contribution in [0.4, 0.5) is 11.5 Å². The molecule has 2 heterocycles. The Morgan fingerprint density at radius 1 is 1.28 bits per heavy atom. The number of H-pyrrole nitrogens is 1. The molecule has 3 N–H and O–H groups in total. The molecule has 98 valence electrons. The number of hydrogen-bond acceptors (Lipinski definition) is 4. The fraction of sp³-hybridized carbons (Fsp3) is 0.692. The van der Waals surface area contributed by atoms with E-state index >= 15 is 0 Å². The Balaban J connectivity index is 1.81. The molecule has 2 aliphatic rings. The number of fused-ring (bicyclic) bond motifs is 1. The molecule has 1 saturated heterocycles. The largest absolute Gasteiger partial charge is 0.391 e. The lowest BCUT2D eigenvalue weighted by molar-refractivity contribution is 0.202. The number of nitrogens with one attached hydrogen (secondary N) is 1. The number of nitrogens with zero attached hydrogens (tertiary/aromatic N) is 2. The van der Waals surface area contributed by atoms with Crippen LogP contribution in [0.5, 0.6) is 0 Å². The van der Waals surface area contributed by atoms with Crippen LogP contribution in [0.3, 0.4) is 0 Å². The van der Waals surface area contributed by atoms with Gasteiger partial charge in [-0.1, -0.05) is 19.3 Å². The number of nitrogens with two attached hydrogens (primary N) is 1.